The van der Waals surface area contributed by atoms with Gasteiger partial charge in [0.15, 0.2) is 0 Å². The molecule has 5 nitrogen and oxygen atoms in total. The average molecular weight is 240 g/mol. The molecule has 1 fully saturated rings. The van der Waals surface area contributed by atoms with E-state index in [0.717, 1.165) is 13.1 Å². The lowest BCUT2D eigenvalue weighted by molar-refractivity contribution is -0.148. The maximum absolute atomic E-state index is 11.0. The van der Waals surface area contributed by atoms with Gasteiger partial charge in [-0.1, -0.05) is 0 Å². The van der Waals surface area contributed by atoms with Gasteiger partial charge in [0.2, 0.25) is 0 Å². The first kappa shape index (κ1) is 13.9. The van der Waals surface area contributed by atoms with Gasteiger partial charge in [0, 0.05) is 25.6 Å². The molecule has 0 unspecified atom stereocenters. The van der Waals surface area contributed by atoms with Crippen LogP contribution in [-0.2, 0) is 14.3 Å². The van der Waals surface area contributed by atoms with Crippen LogP contribution in [0.15, 0.2) is 0 Å². The van der Waals surface area contributed by atoms with Gasteiger partial charge in [-0.3, -0.25) is 4.90 Å². The molecule has 1 aliphatic rings. The third kappa shape index (κ3) is 6.25. The molecule has 0 saturated heterocycles. The highest BCUT2D eigenvalue weighted by molar-refractivity contribution is 5.70. The number of nitrogens with zero attached hydrogens (tertiary/aromatic N) is 2. The van der Waals surface area contributed by atoms with Crippen molar-refractivity contribution in [1.82, 2.24) is 4.90 Å². The average Bonchev–Trinajstić information content (AvgIpc) is 3.12. The minimum Gasteiger partial charge on any atom is -0.464 e. The molecule has 0 radical (unpaired) electrons. The fraction of sp³-hybridized carbons (Fsp3) is 0.833. The van der Waals surface area contributed by atoms with E-state index in [9.17, 15) is 4.79 Å². The van der Waals surface area contributed by atoms with E-state index in [-0.39, 0.29) is 12.6 Å². The van der Waals surface area contributed by atoms with Gasteiger partial charge in [-0.05, 0) is 19.8 Å². The van der Waals surface area contributed by atoms with E-state index in [1.807, 2.05) is 0 Å². The van der Waals surface area contributed by atoms with Crippen molar-refractivity contribution in [1.29, 1.82) is 5.26 Å². The lowest BCUT2D eigenvalue weighted by atomic mass is 10.4. The number of rotatable bonds is 9. The van der Waals surface area contributed by atoms with Crippen LogP contribution in [0.4, 0.5) is 0 Å². The highest BCUT2D eigenvalue weighted by Crippen LogP contribution is 2.26. The van der Waals surface area contributed by atoms with Crippen LogP contribution in [0, 0.1) is 11.3 Å². The Morgan fingerprint density at radius 1 is 1.47 bits per heavy atom. The van der Waals surface area contributed by atoms with Crippen LogP contribution in [0.25, 0.3) is 0 Å². The SMILES string of the molecule is CCOC(=O)COCCN(CCC#N)C1CC1. The Hall–Kier alpha value is -1.12. The van der Waals surface area contributed by atoms with Crippen molar-refractivity contribution < 1.29 is 14.3 Å². The predicted molar refractivity (Wildman–Crippen MR) is 62.3 cm³/mol. The lowest BCUT2D eigenvalue weighted by Gasteiger charge is -2.20. The Labute approximate surface area is 102 Å². The van der Waals surface area contributed by atoms with Gasteiger partial charge < -0.3 is 9.47 Å². The van der Waals surface area contributed by atoms with Crippen molar-refractivity contribution >= 4 is 5.97 Å². The van der Waals surface area contributed by atoms with Gasteiger partial charge in [-0.15, -0.1) is 0 Å². The molecule has 1 aliphatic carbocycles. The maximum atomic E-state index is 11.0. The maximum Gasteiger partial charge on any atom is 0.332 e. The Morgan fingerprint density at radius 2 is 2.24 bits per heavy atom. The van der Waals surface area contributed by atoms with E-state index in [1.165, 1.54) is 12.8 Å². The van der Waals surface area contributed by atoms with Crippen molar-refractivity contribution in [2.45, 2.75) is 32.2 Å². The van der Waals surface area contributed by atoms with Gasteiger partial charge >= 0.3 is 5.97 Å². The summed E-state index contributed by atoms with van der Waals surface area (Å²) in [6, 6.07) is 2.77. The first-order valence-corrected chi connectivity index (χ1v) is 6.12. The van der Waals surface area contributed by atoms with E-state index < -0.39 is 0 Å². The highest BCUT2D eigenvalue weighted by atomic mass is 16.6. The number of carbonyl (C=O) groups excluding carboxylic acids is 1. The number of ether oxygens (including phenoxy) is 2. The molecule has 0 heterocycles. The van der Waals surface area contributed by atoms with Crippen LogP contribution in [0.1, 0.15) is 26.2 Å². The molecule has 0 N–H and O–H groups in total. The summed E-state index contributed by atoms with van der Waals surface area (Å²) in [6.45, 7) is 4.27. The largest absolute Gasteiger partial charge is 0.464 e. The van der Waals surface area contributed by atoms with E-state index in [0.29, 0.717) is 25.7 Å². The molecule has 0 aromatic rings. The van der Waals surface area contributed by atoms with Gasteiger partial charge in [-0.2, -0.15) is 5.26 Å². The van der Waals surface area contributed by atoms with E-state index in [4.69, 9.17) is 14.7 Å². The quantitative estimate of drug-likeness (QED) is 0.443. The molecule has 0 aliphatic heterocycles. The van der Waals surface area contributed by atoms with Crippen molar-refractivity contribution in [3.05, 3.63) is 0 Å². The summed E-state index contributed by atoms with van der Waals surface area (Å²) < 4.78 is 9.99. The summed E-state index contributed by atoms with van der Waals surface area (Å²) >= 11 is 0. The predicted octanol–water partition coefficient (Wildman–Crippen LogP) is 0.944. The minimum absolute atomic E-state index is 0.0184. The monoisotopic (exact) mass is 240 g/mol. The zero-order valence-corrected chi connectivity index (χ0v) is 10.4. The summed E-state index contributed by atoms with van der Waals surface area (Å²) in [5, 5.41) is 8.55. The molecule has 0 aromatic carbocycles. The van der Waals surface area contributed by atoms with Gasteiger partial charge in [0.25, 0.3) is 0 Å². The Morgan fingerprint density at radius 3 is 2.82 bits per heavy atom. The molecular weight excluding hydrogens is 220 g/mol. The molecule has 1 rings (SSSR count). The molecule has 0 bridgehead atoms. The Balaban J connectivity index is 2.06. The summed E-state index contributed by atoms with van der Waals surface area (Å²) in [6.07, 6.45) is 2.97. The fourth-order valence-corrected chi connectivity index (χ4v) is 1.65. The van der Waals surface area contributed by atoms with Gasteiger partial charge in [-0.25, -0.2) is 4.79 Å². The van der Waals surface area contributed by atoms with E-state index in [1.54, 1.807) is 6.92 Å². The van der Waals surface area contributed by atoms with Crippen molar-refractivity contribution in [2.24, 2.45) is 0 Å². The smallest absolute Gasteiger partial charge is 0.332 e. The van der Waals surface area contributed by atoms with Gasteiger partial charge in [0.1, 0.15) is 6.61 Å². The summed E-state index contributed by atoms with van der Waals surface area (Å²) in [5.74, 6) is -0.317. The van der Waals surface area contributed by atoms with Crippen molar-refractivity contribution in [2.75, 3.05) is 32.9 Å². The third-order valence-corrected chi connectivity index (χ3v) is 2.62. The second-order valence-electron chi connectivity index (χ2n) is 4.03. The van der Waals surface area contributed by atoms with Crippen molar-refractivity contribution in [3.8, 4) is 6.07 Å². The number of hydrogen-bond donors (Lipinski definition) is 0. The van der Waals surface area contributed by atoms with Crippen molar-refractivity contribution in [3.63, 3.8) is 0 Å². The zero-order valence-electron chi connectivity index (χ0n) is 10.4. The fourth-order valence-electron chi connectivity index (χ4n) is 1.65. The van der Waals surface area contributed by atoms with Crippen LogP contribution >= 0.6 is 0 Å². The topological polar surface area (TPSA) is 62.6 Å². The first-order valence-electron chi connectivity index (χ1n) is 6.12. The van der Waals surface area contributed by atoms with E-state index in [2.05, 4.69) is 11.0 Å². The molecule has 5 heteroatoms. The molecule has 96 valence electrons. The normalized spacial score (nSPS) is 14.6. The first-order chi connectivity index (χ1) is 8.27. The third-order valence-electron chi connectivity index (χ3n) is 2.62. The Kier molecular flexibility index (Phi) is 6.60. The van der Waals surface area contributed by atoms with E-state index >= 15 is 0 Å². The van der Waals surface area contributed by atoms with Crippen LogP contribution in [-0.4, -0.2) is 49.8 Å². The Bertz CT molecular complexity index is 271. The number of nitriles is 1. The summed E-state index contributed by atoms with van der Waals surface area (Å²) in [7, 11) is 0. The molecule has 1 saturated carbocycles. The minimum atomic E-state index is -0.317. The van der Waals surface area contributed by atoms with Crippen LogP contribution in [0.5, 0.6) is 0 Å². The van der Waals surface area contributed by atoms with Crippen LogP contribution in [0.3, 0.4) is 0 Å². The summed E-state index contributed by atoms with van der Waals surface area (Å²) in [4.78, 5) is 13.3. The van der Waals surface area contributed by atoms with Crippen LogP contribution < -0.4 is 0 Å². The van der Waals surface area contributed by atoms with Crippen LogP contribution in [0.2, 0.25) is 0 Å². The molecular formula is C12H20N2O3. The molecule has 17 heavy (non-hydrogen) atoms. The molecule has 0 aromatic heterocycles. The second-order valence-corrected chi connectivity index (χ2v) is 4.03. The second kappa shape index (κ2) is 8.04. The standard InChI is InChI=1S/C12H20N2O3/c1-2-17-12(15)10-16-9-8-14(7-3-6-13)11-4-5-11/h11H,2-5,7-10H2,1H3. The summed E-state index contributed by atoms with van der Waals surface area (Å²) in [5.41, 5.74) is 0. The van der Waals surface area contributed by atoms with Gasteiger partial charge in [0.05, 0.1) is 19.3 Å². The number of carbonyl (C=O) groups is 1. The lowest BCUT2D eigenvalue weighted by Crippen LogP contribution is -2.31. The number of esters is 1. The highest BCUT2D eigenvalue weighted by Gasteiger charge is 2.28. The molecule has 0 amide bonds. The zero-order chi connectivity index (χ0) is 12.5. The molecule has 0 spiro atoms. The molecule has 0 atom stereocenters. The number of hydrogen-bond acceptors (Lipinski definition) is 5.